The second kappa shape index (κ2) is 13.3. The van der Waals surface area contributed by atoms with Crippen molar-refractivity contribution in [3.8, 4) is 12.1 Å². The van der Waals surface area contributed by atoms with Crippen LogP contribution in [0.4, 0.5) is 37.3 Å². The summed E-state index contributed by atoms with van der Waals surface area (Å²) in [6.07, 6.45) is 0.631. The molecule has 4 aromatic rings. The molecule has 0 aliphatic carbocycles. The van der Waals surface area contributed by atoms with Gasteiger partial charge < -0.3 is 21.7 Å². The summed E-state index contributed by atoms with van der Waals surface area (Å²) in [7, 11) is 0. The summed E-state index contributed by atoms with van der Waals surface area (Å²) < 4.78 is 26.5. The zero-order valence-corrected chi connectivity index (χ0v) is 23.9. The maximum absolute atomic E-state index is 13.9. The standard InChI is InChI=1S/C14H8ClFN4O.C8H8N2O.C6HCl2FN2/c15-13-7(6-17)4-9(16)14(20-13)19-11-3-1-2-10-8(11)5-12(21)18-10;9-6-2-1-3-7-5(6)4-8(11)10-7;7-5-3(2-10)1-4(9)6(8)11-5/h1-4H,5H2,(H,18,21)(H,19,20);1-3H,4,9H2,(H,10,11);1H. The van der Waals surface area contributed by atoms with E-state index >= 15 is 0 Å². The number of carbonyl (C=O) groups excluding carboxylic acids is 2. The van der Waals surface area contributed by atoms with E-state index in [4.69, 9.17) is 51.1 Å². The summed E-state index contributed by atoms with van der Waals surface area (Å²) in [5, 5.41) is 24.9. The van der Waals surface area contributed by atoms with Crippen molar-refractivity contribution in [2.75, 3.05) is 21.7 Å². The van der Waals surface area contributed by atoms with Crippen LogP contribution < -0.4 is 21.7 Å². The Balaban J connectivity index is 0.000000162. The second-order valence-corrected chi connectivity index (χ2v) is 9.83. The molecule has 216 valence electrons. The fraction of sp³-hybridized carbons (Fsp3) is 0.0714. The maximum Gasteiger partial charge on any atom is 0.228 e. The quantitative estimate of drug-likeness (QED) is 0.149. The minimum Gasteiger partial charge on any atom is -0.398 e. The monoisotopic (exact) mass is 640 g/mol. The molecule has 2 amide bonds. The minimum atomic E-state index is -0.743. The number of aromatic nitrogens is 2. The molecule has 2 aromatic heterocycles. The molecule has 4 heterocycles. The van der Waals surface area contributed by atoms with Crippen molar-refractivity contribution in [1.82, 2.24) is 9.97 Å². The van der Waals surface area contributed by atoms with Gasteiger partial charge in [0, 0.05) is 33.9 Å². The number of hydrogen-bond acceptors (Lipinski definition) is 8. The number of hydrogen-bond donors (Lipinski definition) is 4. The zero-order chi connectivity index (χ0) is 31.3. The van der Waals surface area contributed by atoms with Crippen molar-refractivity contribution in [2.45, 2.75) is 12.8 Å². The van der Waals surface area contributed by atoms with Crippen molar-refractivity contribution in [3.63, 3.8) is 0 Å². The number of nitriles is 2. The van der Waals surface area contributed by atoms with Gasteiger partial charge in [0.15, 0.2) is 22.6 Å². The second-order valence-electron chi connectivity index (χ2n) is 8.76. The van der Waals surface area contributed by atoms with Crippen LogP contribution in [0.3, 0.4) is 0 Å². The number of rotatable bonds is 2. The first-order valence-electron chi connectivity index (χ1n) is 12.0. The third kappa shape index (κ3) is 7.26. The average Bonchev–Trinajstić information content (AvgIpc) is 3.55. The van der Waals surface area contributed by atoms with E-state index in [9.17, 15) is 18.4 Å². The van der Waals surface area contributed by atoms with E-state index in [0.717, 1.165) is 28.9 Å². The highest BCUT2D eigenvalue weighted by Gasteiger charge is 2.22. The Morgan fingerprint density at radius 1 is 0.791 bits per heavy atom. The molecule has 0 bridgehead atoms. The van der Waals surface area contributed by atoms with Gasteiger partial charge in [0.2, 0.25) is 11.8 Å². The van der Waals surface area contributed by atoms with Gasteiger partial charge in [-0.3, -0.25) is 9.59 Å². The Morgan fingerprint density at radius 3 is 1.93 bits per heavy atom. The number of carbonyl (C=O) groups is 2. The predicted octanol–water partition coefficient (Wildman–Crippen LogP) is 6.15. The number of benzene rings is 2. The molecular weight excluding hydrogens is 625 g/mol. The molecule has 5 N–H and O–H groups in total. The van der Waals surface area contributed by atoms with Gasteiger partial charge in [-0.25, -0.2) is 18.7 Å². The Bertz CT molecular complexity index is 1860. The molecule has 0 radical (unpaired) electrons. The number of fused-ring (bicyclic) bond motifs is 2. The van der Waals surface area contributed by atoms with Crippen LogP contribution in [0.15, 0.2) is 48.5 Å². The van der Waals surface area contributed by atoms with E-state index in [1.54, 1.807) is 36.4 Å². The minimum absolute atomic E-state index is 0.0198. The molecule has 2 aromatic carbocycles. The maximum atomic E-state index is 13.9. The summed E-state index contributed by atoms with van der Waals surface area (Å²) in [6, 6.07) is 16.1. The molecule has 15 heteroatoms. The molecule has 0 spiro atoms. The number of nitrogens with zero attached hydrogens (tertiary/aromatic N) is 4. The predicted molar refractivity (Wildman–Crippen MR) is 158 cm³/mol. The van der Waals surface area contributed by atoms with Gasteiger partial charge in [-0.15, -0.1) is 0 Å². The van der Waals surface area contributed by atoms with Gasteiger partial charge in [-0.1, -0.05) is 46.9 Å². The molecule has 2 aliphatic rings. The molecule has 10 nitrogen and oxygen atoms in total. The molecule has 0 fully saturated rings. The molecule has 43 heavy (non-hydrogen) atoms. The average molecular weight is 642 g/mol. The van der Waals surface area contributed by atoms with E-state index in [-0.39, 0.29) is 50.6 Å². The van der Waals surface area contributed by atoms with Crippen LogP contribution in [0, 0.1) is 34.3 Å². The fourth-order valence-electron chi connectivity index (χ4n) is 3.92. The van der Waals surface area contributed by atoms with E-state index in [1.807, 2.05) is 12.1 Å². The number of nitrogen functional groups attached to an aromatic ring is 1. The van der Waals surface area contributed by atoms with Crippen LogP contribution >= 0.6 is 34.8 Å². The summed E-state index contributed by atoms with van der Waals surface area (Å²) in [4.78, 5) is 29.5. The summed E-state index contributed by atoms with van der Waals surface area (Å²) in [6.45, 7) is 0. The van der Waals surface area contributed by atoms with Crippen LogP contribution in [-0.2, 0) is 22.4 Å². The lowest BCUT2D eigenvalue weighted by atomic mass is 10.1. The van der Waals surface area contributed by atoms with Crippen molar-refractivity contribution in [3.05, 3.63) is 97.9 Å². The lowest BCUT2D eigenvalue weighted by molar-refractivity contribution is -0.115. The highest BCUT2D eigenvalue weighted by molar-refractivity contribution is 6.33. The van der Waals surface area contributed by atoms with E-state index < -0.39 is 11.6 Å². The lowest BCUT2D eigenvalue weighted by Crippen LogP contribution is -2.04. The Hall–Kier alpha value is -5.01. The fourth-order valence-corrected chi connectivity index (χ4v) is 4.47. The number of anilines is 5. The molecule has 0 saturated carbocycles. The van der Waals surface area contributed by atoms with Gasteiger partial charge in [-0.05, 0) is 36.4 Å². The first kappa shape index (κ1) is 30.9. The number of amides is 2. The van der Waals surface area contributed by atoms with Crippen LogP contribution in [0.1, 0.15) is 22.3 Å². The largest absolute Gasteiger partial charge is 0.398 e. The first-order valence-corrected chi connectivity index (χ1v) is 13.2. The van der Waals surface area contributed by atoms with Crippen molar-refractivity contribution >= 4 is 75.2 Å². The Kier molecular flexibility index (Phi) is 9.58. The normalized spacial score (nSPS) is 12.2. The van der Waals surface area contributed by atoms with Gasteiger partial charge in [0.1, 0.15) is 22.4 Å². The van der Waals surface area contributed by atoms with E-state index in [0.29, 0.717) is 23.5 Å². The molecule has 0 unspecified atom stereocenters. The number of nitrogens with one attached hydrogen (secondary N) is 3. The lowest BCUT2D eigenvalue weighted by Gasteiger charge is -2.11. The summed E-state index contributed by atoms with van der Waals surface area (Å²) >= 11 is 16.5. The topological polar surface area (TPSA) is 170 Å². The number of halogens is 5. The molecule has 0 atom stereocenters. The first-order chi connectivity index (χ1) is 20.5. The third-order valence-corrected chi connectivity index (χ3v) is 6.76. The Morgan fingerprint density at radius 2 is 1.33 bits per heavy atom. The summed E-state index contributed by atoms with van der Waals surface area (Å²) in [5.41, 5.74) is 10.1. The van der Waals surface area contributed by atoms with Crippen LogP contribution in [0.2, 0.25) is 15.5 Å². The third-order valence-electron chi connectivity index (χ3n) is 5.92. The molecule has 2 aliphatic heterocycles. The molecular formula is C28H17Cl3F2N8O2. The van der Waals surface area contributed by atoms with E-state index in [1.165, 1.54) is 0 Å². The van der Waals surface area contributed by atoms with Gasteiger partial charge in [-0.2, -0.15) is 10.5 Å². The summed E-state index contributed by atoms with van der Waals surface area (Å²) in [5.74, 6) is -1.62. The molecule has 6 rings (SSSR count). The van der Waals surface area contributed by atoms with Crippen molar-refractivity contribution < 1.29 is 18.4 Å². The van der Waals surface area contributed by atoms with Crippen molar-refractivity contribution in [1.29, 1.82) is 10.5 Å². The number of pyridine rings is 2. The smallest absolute Gasteiger partial charge is 0.228 e. The van der Waals surface area contributed by atoms with Crippen molar-refractivity contribution in [2.24, 2.45) is 0 Å². The Labute approximate surface area is 258 Å². The zero-order valence-electron chi connectivity index (χ0n) is 21.6. The van der Waals surface area contributed by atoms with Crippen LogP contribution in [-0.4, -0.2) is 21.8 Å². The van der Waals surface area contributed by atoms with Gasteiger partial charge >= 0.3 is 0 Å². The highest BCUT2D eigenvalue weighted by atomic mass is 35.5. The highest BCUT2D eigenvalue weighted by Crippen LogP contribution is 2.32. The van der Waals surface area contributed by atoms with Crippen LogP contribution in [0.5, 0.6) is 0 Å². The number of nitrogens with two attached hydrogens (primary N) is 1. The van der Waals surface area contributed by atoms with Crippen LogP contribution in [0.25, 0.3) is 0 Å². The van der Waals surface area contributed by atoms with Gasteiger partial charge in [0.25, 0.3) is 0 Å². The molecule has 0 saturated heterocycles. The van der Waals surface area contributed by atoms with Gasteiger partial charge in [0.05, 0.1) is 24.0 Å². The van der Waals surface area contributed by atoms with E-state index in [2.05, 4.69) is 25.9 Å². The SMILES string of the molecule is N#Cc1cc(F)c(Cl)nc1Cl.N#Cc1cc(F)c(Nc2cccc3c2CC(=O)N3)nc1Cl.Nc1cccc2c1CC(=O)N2.